The average Bonchev–Trinajstić information content (AvgIpc) is 2.94. The first-order valence-electron chi connectivity index (χ1n) is 8.98. The second kappa shape index (κ2) is 8.62. The van der Waals surface area contributed by atoms with Crippen molar-refractivity contribution in [1.29, 1.82) is 0 Å². The Balaban J connectivity index is 2.10. The molecule has 0 bridgehead atoms. The van der Waals surface area contributed by atoms with Crippen LogP contribution in [-0.2, 0) is 9.84 Å². The highest BCUT2D eigenvalue weighted by molar-refractivity contribution is 7.91. The Bertz CT molecular complexity index is 761. The third-order valence-electron chi connectivity index (χ3n) is 4.51. The Morgan fingerprint density at radius 1 is 1.31 bits per heavy atom. The van der Waals surface area contributed by atoms with Gasteiger partial charge in [0.15, 0.2) is 9.84 Å². The molecule has 1 atom stereocenters. The van der Waals surface area contributed by atoms with Gasteiger partial charge in [-0.15, -0.1) is 0 Å². The largest absolute Gasteiger partial charge is 0.352 e. The summed E-state index contributed by atoms with van der Waals surface area (Å²) in [7, 11) is -3.08. The first kappa shape index (κ1) is 20.4. The standard InChI is InChI=1S/C18H27N3O4S/c1-4-21(16-6-8-26(24,25)12-16)18(23)15-9-14(10-19-11-15)17(22)20-7-5-13(2)3/h9-11,13,16H,4-8,12H2,1-3H3,(H,20,22). The number of rotatable bonds is 7. The predicted octanol–water partition coefficient (Wildman–Crippen LogP) is 1.51. The molecular weight excluding hydrogens is 354 g/mol. The molecule has 0 spiro atoms. The quantitative estimate of drug-likeness (QED) is 0.772. The predicted molar refractivity (Wildman–Crippen MR) is 99.8 cm³/mol. The second-order valence-corrected chi connectivity index (χ2v) is 9.28. The molecule has 0 radical (unpaired) electrons. The zero-order valence-corrected chi connectivity index (χ0v) is 16.4. The number of hydrogen-bond donors (Lipinski definition) is 1. The van der Waals surface area contributed by atoms with E-state index in [-0.39, 0.29) is 29.4 Å². The highest BCUT2D eigenvalue weighted by Crippen LogP contribution is 2.20. The van der Waals surface area contributed by atoms with E-state index in [4.69, 9.17) is 0 Å². The number of carbonyl (C=O) groups excluding carboxylic acids is 2. The first-order valence-corrected chi connectivity index (χ1v) is 10.8. The molecule has 1 aromatic rings. The van der Waals surface area contributed by atoms with Crippen LogP contribution in [0.15, 0.2) is 18.5 Å². The molecule has 1 saturated heterocycles. The zero-order valence-electron chi connectivity index (χ0n) is 15.6. The van der Waals surface area contributed by atoms with Crippen LogP contribution in [0.25, 0.3) is 0 Å². The average molecular weight is 381 g/mol. The minimum absolute atomic E-state index is 0.00458. The van der Waals surface area contributed by atoms with E-state index < -0.39 is 9.84 Å². The van der Waals surface area contributed by atoms with Crippen LogP contribution >= 0.6 is 0 Å². The molecule has 1 aliphatic heterocycles. The summed E-state index contributed by atoms with van der Waals surface area (Å²) in [4.78, 5) is 30.6. The van der Waals surface area contributed by atoms with Crippen LogP contribution in [0.5, 0.6) is 0 Å². The summed E-state index contributed by atoms with van der Waals surface area (Å²) in [6.07, 6.45) is 4.17. The van der Waals surface area contributed by atoms with Crippen LogP contribution in [0.4, 0.5) is 0 Å². The van der Waals surface area contributed by atoms with Gasteiger partial charge in [0.05, 0.1) is 22.6 Å². The molecule has 1 unspecified atom stereocenters. The minimum Gasteiger partial charge on any atom is -0.352 e. The van der Waals surface area contributed by atoms with Gasteiger partial charge in [0, 0.05) is 31.5 Å². The van der Waals surface area contributed by atoms with Crippen molar-refractivity contribution >= 4 is 21.7 Å². The van der Waals surface area contributed by atoms with Crippen molar-refractivity contribution in [2.75, 3.05) is 24.6 Å². The van der Waals surface area contributed by atoms with E-state index in [1.165, 1.54) is 18.5 Å². The van der Waals surface area contributed by atoms with Gasteiger partial charge in [-0.25, -0.2) is 8.42 Å². The van der Waals surface area contributed by atoms with Gasteiger partial charge in [0.25, 0.3) is 11.8 Å². The Labute approximate surface area is 155 Å². The number of amides is 2. The van der Waals surface area contributed by atoms with Crippen molar-refractivity contribution in [3.63, 3.8) is 0 Å². The number of hydrogen-bond acceptors (Lipinski definition) is 5. The fourth-order valence-electron chi connectivity index (χ4n) is 3.01. The lowest BCUT2D eigenvalue weighted by atomic mass is 10.1. The van der Waals surface area contributed by atoms with E-state index in [0.717, 1.165) is 6.42 Å². The maximum absolute atomic E-state index is 12.8. The number of nitrogens with one attached hydrogen (secondary N) is 1. The summed E-state index contributed by atoms with van der Waals surface area (Å²) in [6, 6.07) is 1.20. The van der Waals surface area contributed by atoms with Crippen LogP contribution in [0.3, 0.4) is 0 Å². The molecule has 2 amide bonds. The summed E-state index contributed by atoms with van der Waals surface area (Å²) < 4.78 is 23.4. The van der Waals surface area contributed by atoms with Crippen LogP contribution in [0.1, 0.15) is 54.3 Å². The first-order chi connectivity index (χ1) is 12.2. The third kappa shape index (κ3) is 5.27. The van der Waals surface area contributed by atoms with Crippen LogP contribution in [-0.4, -0.2) is 60.8 Å². The van der Waals surface area contributed by atoms with Gasteiger partial charge in [-0.3, -0.25) is 14.6 Å². The highest BCUT2D eigenvalue weighted by Gasteiger charge is 2.34. The minimum atomic E-state index is -3.08. The van der Waals surface area contributed by atoms with E-state index in [9.17, 15) is 18.0 Å². The lowest BCUT2D eigenvalue weighted by Gasteiger charge is -2.26. The molecular formula is C18H27N3O4S. The normalized spacial score (nSPS) is 18.7. The topological polar surface area (TPSA) is 96.4 Å². The fourth-order valence-corrected chi connectivity index (χ4v) is 4.74. The van der Waals surface area contributed by atoms with Gasteiger partial charge < -0.3 is 10.2 Å². The van der Waals surface area contributed by atoms with E-state index in [1.807, 2.05) is 6.92 Å². The summed E-state index contributed by atoms with van der Waals surface area (Å²) in [6.45, 7) is 6.95. The molecule has 7 nitrogen and oxygen atoms in total. The van der Waals surface area contributed by atoms with E-state index in [0.29, 0.717) is 36.6 Å². The summed E-state index contributed by atoms with van der Waals surface area (Å²) in [5, 5.41) is 2.82. The van der Waals surface area contributed by atoms with E-state index in [1.54, 1.807) is 4.90 Å². The number of aromatic nitrogens is 1. The Hall–Kier alpha value is -1.96. The summed E-state index contributed by atoms with van der Waals surface area (Å²) in [5.41, 5.74) is 0.627. The number of carbonyl (C=O) groups is 2. The highest BCUT2D eigenvalue weighted by atomic mass is 32.2. The molecule has 2 rings (SSSR count). The maximum atomic E-state index is 12.8. The van der Waals surface area contributed by atoms with Crippen molar-refractivity contribution in [1.82, 2.24) is 15.2 Å². The lowest BCUT2D eigenvalue weighted by molar-refractivity contribution is 0.0708. The summed E-state index contributed by atoms with van der Waals surface area (Å²) >= 11 is 0. The molecule has 1 aliphatic rings. The monoisotopic (exact) mass is 381 g/mol. The molecule has 1 fully saturated rings. The Kier molecular flexibility index (Phi) is 6.75. The fraction of sp³-hybridized carbons (Fsp3) is 0.611. The maximum Gasteiger partial charge on any atom is 0.255 e. The van der Waals surface area contributed by atoms with Crippen molar-refractivity contribution in [3.05, 3.63) is 29.6 Å². The van der Waals surface area contributed by atoms with Gasteiger partial charge in [0.2, 0.25) is 0 Å². The van der Waals surface area contributed by atoms with E-state index >= 15 is 0 Å². The second-order valence-electron chi connectivity index (χ2n) is 7.05. The van der Waals surface area contributed by atoms with Gasteiger partial charge in [-0.05, 0) is 31.7 Å². The zero-order chi connectivity index (χ0) is 19.3. The molecule has 0 saturated carbocycles. The molecule has 0 aliphatic carbocycles. The van der Waals surface area contributed by atoms with Gasteiger partial charge in [-0.1, -0.05) is 13.8 Å². The van der Waals surface area contributed by atoms with Crippen LogP contribution < -0.4 is 5.32 Å². The smallest absolute Gasteiger partial charge is 0.255 e. The Morgan fingerprint density at radius 2 is 2.00 bits per heavy atom. The Morgan fingerprint density at radius 3 is 2.58 bits per heavy atom. The van der Waals surface area contributed by atoms with Gasteiger partial charge >= 0.3 is 0 Å². The molecule has 1 N–H and O–H groups in total. The molecule has 0 aromatic carbocycles. The SMILES string of the molecule is CCN(C(=O)c1cncc(C(=O)NCCC(C)C)c1)C1CCS(=O)(=O)C1. The third-order valence-corrected chi connectivity index (χ3v) is 6.26. The molecule has 2 heterocycles. The molecule has 144 valence electrons. The van der Waals surface area contributed by atoms with Gasteiger partial charge in [0.1, 0.15) is 0 Å². The van der Waals surface area contributed by atoms with Crippen LogP contribution in [0, 0.1) is 5.92 Å². The number of nitrogens with zero attached hydrogens (tertiary/aromatic N) is 2. The molecule has 8 heteroatoms. The number of sulfone groups is 1. The summed E-state index contributed by atoms with van der Waals surface area (Å²) in [5.74, 6) is 0.0354. The van der Waals surface area contributed by atoms with Crippen molar-refractivity contribution < 1.29 is 18.0 Å². The van der Waals surface area contributed by atoms with E-state index in [2.05, 4.69) is 24.1 Å². The van der Waals surface area contributed by atoms with Gasteiger partial charge in [-0.2, -0.15) is 0 Å². The molecule has 1 aromatic heterocycles. The van der Waals surface area contributed by atoms with Crippen LogP contribution in [0.2, 0.25) is 0 Å². The lowest BCUT2D eigenvalue weighted by Crippen LogP contribution is -2.41. The van der Waals surface area contributed by atoms with Crippen molar-refractivity contribution in [2.24, 2.45) is 5.92 Å². The number of pyridine rings is 1. The van der Waals surface area contributed by atoms with Crippen molar-refractivity contribution in [3.8, 4) is 0 Å². The molecule has 26 heavy (non-hydrogen) atoms. The van der Waals surface area contributed by atoms with Crippen molar-refractivity contribution in [2.45, 2.75) is 39.7 Å².